The fourth-order valence-electron chi connectivity index (χ4n) is 6.82. The van der Waals surface area contributed by atoms with E-state index in [1.165, 1.54) is 21.9 Å². The molecule has 4 heteroatoms. The first-order chi connectivity index (χ1) is 21.7. The molecule has 0 spiro atoms. The molecule has 0 saturated carbocycles. The van der Waals surface area contributed by atoms with Crippen LogP contribution in [-0.4, -0.2) is 4.57 Å². The minimum Gasteiger partial charge on any atom is -0.456 e. The van der Waals surface area contributed by atoms with Crippen molar-refractivity contribution in [1.29, 1.82) is 5.26 Å². The molecule has 0 amide bonds. The second kappa shape index (κ2) is 9.49. The highest BCUT2D eigenvalue weighted by atomic mass is 16.3. The Balaban J connectivity index is 1.25. The van der Waals surface area contributed by atoms with Crippen LogP contribution in [0.4, 0.5) is 0 Å². The van der Waals surface area contributed by atoms with Gasteiger partial charge in [0.15, 0.2) is 0 Å². The van der Waals surface area contributed by atoms with Crippen LogP contribution in [0.25, 0.3) is 77.6 Å². The molecular weight excluding hydrogens is 538 g/mol. The topological polar surface area (TPSA) is 53.9 Å². The van der Waals surface area contributed by atoms with E-state index >= 15 is 0 Å². The largest absolute Gasteiger partial charge is 0.456 e. The molecule has 206 valence electrons. The predicted molar refractivity (Wildman–Crippen MR) is 180 cm³/mol. The fraction of sp³-hybridized carbons (Fsp3) is 0.0250. The van der Waals surface area contributed by atoms with Crippen molar-refractivity contribution >= 4 is 49.7 Å². The molecule has 6 aromatic carbocycles. The summed E-state index contributed by atoms with van der Waals surface area (Å²) in [6, 6.07) is 45.0. The zero-order chi connectivity index (χ0) is 29.2. The van der Waals surface area contributed by atoms with Crippen molar-refractivity contribution in [3.63, 3.8) is 0 Å². The van der Waals surface area contributed by atoms with Crippen molar-refractivity contribution in [2.75, 3.05) is 0 Å². The second-order valence-electron chi connectivity index (χ2n) is 11.4. The van der Waals surface area contributed by atoms with E-state index in [1.54, 1.807) is 0 Å². The van der Waals surface area contributed by atoms with Gasteiger partial charge in [-0.25, -0.2) is 0 Å². The lowest BCUT2D eigenvalue weighted by Crippen LogP contribution is -2.11. The number of hydrogen-bond donors (Lipinski definition) is 1. The van der Waals surface area contributed by atoms with Crippen molar-refractivity contribution in [2.45, 2.75) is 6.54 Å². The third-order valence-corrected chi connectivity index (χ3v) is 8.87. The van der Waals surface area contributed by atoms with Crippen molar-refractivity contribution in [2.24, 2.45) is 0 Å². The average molecular weight is 564 g/mol. The fourth-order valence-corrected chi connectivity index (χ4v) is 6.82. The summed E-state index contributed by atoms with van der Waals surface area (Å²) in [6.45, 7) is 0.725. The smallest absolute Gasteiger partial charge is 0.135 e. The van der Waals surface area contributed by atoms with Crippen LogP contribution in [0.2, 0.25) is 0 Å². The molecule has 0 atom stereocenters. The van der Waals surface area contributed by atoms with Gasteiger partial charge in [-0.15, -0.1) is 0 Å². The lowest BCUT2D eigenvalue weighted by atomic mass is 9.94. The minimum atomic E-state index is 0.671. The number of rotatable bonds is 3. The molecule has 1 aliphatic heterocycles. The third-order valence-electron chi connectivity index (χ3n) is 8.87. The minimum absolute atomic E-state index is 0.671. The second-order valence-corrected chi connectivity index (χ2v) is 11.4. The van der Waals surface area contributed by atoms with Gasteiger partial charge in [0, 0.05) is 34.0 Å². The average Bonchev–Trinajstić information content (AvgIpc) is 3.63. The molecular formula is C40H25N3O. The zero-order valence-electron chi connectivity index (χ0n) is 23.7. The van der Waals surface area contributed by atoms with Crippen LogP contribution in [-0.2, 0) is 6.54 Å². The van der Waals surface area contributed by atoms with Gasteiger partial charge in [0.1, 0.15) is 11.2 Å². The number of nitriles is 1. The van der Waals surface area contributed by atoms with Gasteiger partial charge in [-0.3, -0.25) is 0 Å². The highest BCUT2D eigenvalue weighted by molar-refractivity contribution is 6.06. The quantitative estimate of drug-likeness (QED) is 0.233. The van der Waals surface area contributed by atoms with Gasteiger partial charge in [-0.2, -0.15) is 5.26 Å². The van der Waals surface area contributed by atoms with Crippen LogP contribution in [0.1, 0.15) is 16.8 Å². The maximum Gasteiger partial charge on any atom is 0.135 e. The van der Waals surface area contributed by atoms with E-state index in [0.29, 0.717) is 5.56 Å². The molecule has 1 N–H and O–H groups in total. The molecule has 0 radical (unpaired) electrons. The molecule has 8 aromatic rings. The molecule has 0 bridgehead atoms. The van der Waals surface area contributed by atoms with Gasteiger partial charge >= 0.3 is 0 Å². The molecule has 0 saturated heterocycles. The molecule has 0 aliphatic carbocycles. The van der Waals surface area contributed by atoms with Crippen molar-refractivity contribution in [1.82, 2.24) is 9.88 Å². The monoisotopic (exact) mass is 563 g/mol. The summed E-state index contributed by atoms with van der Waals surface area (Å²) in [5.41, 5.74) is 11.7. The highest BCUT2D eigenvalue weighted by Gasteiger charge is 2.20. The lowest BCUT2D eigenvalue weighted by Gasteiger charge is -2.16. The maximum atomic E-state index is 9.61. The number of hydrogen-bond acceptors (Lipinski definition) is 3. The first-order valence-electron chi connectivity index (χ1n) is 14.8. The SMILES string of the molecule is N#Cc1ccc2c(c1)c1c(n2-c2cc(-c3cccc(-c4ccc5oc6ccccc6c5c4)c3)c3ccccc3c2)C=CNC1. The van der Waals surface area contributed by atoms with Crippen molar-refractivity contribution in [3.8, 4) is 34.0 Å². The Morgan fingerprint density at radius 2 is 1.48 bits per heavy atom. The number of aromatic nitrogens is 1. The van der Waals surface area contributed by atoms with Crippen LogP contribution >= 0.6 is 0 Å². The van der Waals surface area contributed by atoms with Crippen LogP contribution in [0.5, 0.6) is 0 Å². The first-order valence-corrected chi connectivity index (χ1v) is 14.8. The normalized spacial score (nSPS) is 12.5. The Morgan fingerprint density at radius 1 is 0.659 bits per heavy atom. The molecule has 0 fully saturated rings. The van der Waals surface area contributed by atoms with Gasteiger partial charge in [0.2, 0.25) is 0 Å². The van der Waals surface area contributed by atoms with E-state index in [1.807, 2.05) is 30.5 Å². The lowest BCUT2D eigenvalue weighted by molar-refractivity contribution is 0.669. The molecule has 3 heterocycles. The van der Waals surface area contributed by atoms with Gasteiger partial charge < -0.3 is 14.3 Å². The Bertz CT molecular complexity index is 2520. The first kappa shape index (κ1) is 24.5. The van der Waals surface area contributed by atoms with Crippen LogP contribution in [0.15, 0.2) is 132 Å². The number of benzene rings is 6. The summed E-state index contributed by atoms with van der Waals surface area (Å²) < 4.78 is 8.42. The summed E-state index contributed by atoms with van der Waals surface area (Å²) in [6.07, 6.45) is 4.14. The van der Waals surface area contributed by atoms with Crippen molar-refractivity contribution in [3.05, 3.63) is 144 Å². The summed E-state index contributed by atoms with van der Waals surface area (Å²) in [5.74, 6) is 0. The Morgan fingerprint density at radius 3 is 2.41 bits per heavy atom. The Kier molecular flexibility index (Phi) is 5.29. The maximum absolute atomic E-state index is 9.61. The van der Waals surface area contributed by atoms with Gasteiger partial charge in [0.25, 0.3) is 0 Å². The van der Waals surface area contributed by atoms with Gasteiger partial charge in [-0.05, 0) is 99.9 Å². The van der Waals surface area contributed by atoms with Crippen LogP contribution < -0.4 is 5.32 Å². The molecule has 9 rings (SSSR count). The number of furan rings is 1. The van der Waals surface area contributed by atoms with E-state index < -0.39 is 0 Å². The van der Waals surface area contributed by atoms with E-state index in [2.05, 4.69) is 119 Å². The summed E-state index contributed by atoms with van der Waals surface area (Å²) in [7, 11) is 0. The van der Waals surface area contributed by atoms with E-state index in [4.69, 9.17) is 4.42 Å². The van der Waals surface area contributed by atoms with Gasteiger partial charge in [0.05, 0.1) is 22.8 Å². The predicted octanol–water partition coefficient (Wildman–Crippen LogP) is 9.96. The summed E-state index contributed by atoms with van der Waals surface area (Å²) in [4.78, 5) is 0. The number of fused-ring (bicyclic) bond motifs is 7. The number of nitrogens with zero attached hydrogens (tertiary/aromatic N) is 2. The zero-order valence-corrected chi connectivity index (χ0v) is 23.7. The summed E-state index contributed by atoms with van der Waals surface area (Å²) >= 11 is 0. The van der Waals surface area contributed by atoms with E-state index in [0.717, 1.165) is 67.5 Å². The Labute approximate surface area is 253 Å². The van der Waals surface area contributed by atoms with E-state index in [-0.39, 0.29) is 0 Å². The van der Waals surface area contributed by atoms with Crippen LogP contribution in [0, 0.1) is 11.3 Å². The molecule has 1 aliphatic rings. The van der Waals surface area contributed by atoms with E-state index in [9.17, 15) is 5.26 Å². The molecule has 2 aromatic heterocycles. The standard InChI is InChI=1S/C40H25N3O/c41-23-25-12-14-37-34(18-25)36-24-42-17-16-38(36)43(37)30-20-29-6-1-2-9-31(29)33(22-30)28-8-5-7-26(19-28)27-13-15-40-35(21-27)32-10-3-4-11-39(32)44-40/h1-22,42H,24H2. The number of para-hydroxylation sites is 1. The molecule has 4 nitrogen and oxygen atoms in total. The third kappa shape index (κ3) is 3.70. The Hall–Kier alpha value is -6.05. The van der Waals surface area contributed by atoms with Gasteiger partial charge in [-0.1, -0.05) is 66.7 Å². The van der Waals surface area contributed by atoms with Crippen LogP contribution in [0.3, 0.4) is 0 Å². The molecule has 44 heavy (non-hydrogen) atoms. The number of nitrogens with one attached hydrogen (secondary N) is 1. The molecule has 0 unspecified atom stereocenters. The summed E-state index contributed by atoms with van der Waals surface area (Å²) in [5, 5.41) is 18.7. The van der Waals surface area contributed by atoms with Crippen molar-refractivity contribution < 1.29 is 4.42 Å². The highest BCUT2D eigenvalue weighted by Crippen LogP contribution is 2.39.